The number of nitrogens with two attached hydrogens (primary N) is 1. The number of guanidine groups is 1. The Morgan fingerprint density at radius 1 is 1.23 bits per heavy atom. The van der Waals surface area contributed by atoms with Crippen LogP contribution in [0.5, 0.6) is 0 Å². The molecular weight excluding hydrogens is 280 g/mol. The van der Waals surface area contributed by atoms with Crippen LogP contribution >= 0.6 is 0 Å². The van der Waals surface area contributed by atoms with Crippen molar-refractivity contribution >= 4 is 12.1 Å². The number of alkyl carbamates (subject to hydrolysis) is 1. The molecule has 0 aliphatic rings. The van der Waals surface area contributed by atoms with Crippen molar-refractivity contribution in [3.8, 4) is 0 Å². The lowest BCUT2D eigenvalue weighted by Gasteiger charge is -2.18. The summed E-state index contributed by atoms with van der Waals surface area (Å²) in [5, 5.41) is 5.95. The van der Waals surface area contributed by atoms with Crippen LogP contribution in [-0.4, -0.2) is 37.8 Å². The van der Waals surface area contributed by atoms with E-state index >= 15 is 0 Å². The van der Waals surface area contributed by atoms with Gasteiger partial charge in [-0.1, -0.05) is 40.0 Å². The number of ether oxygens (including phenoxy) is 1. The summed E-state index contributed by atoms with van der Waals surface area (Å²) >= 11 is 0. The lowest BCUT2D eigenvalue weighted by molar-refractivity contribution is 0.147. The summed E-state index contributed by atoms with van der Waals surface area (Å²) in [6.45, 7) is 9.87. The average Bonchev–Trinajstić information content (AvgIpc) is 2.44. The third-order valence-electron chi connectivity index (χ3n) is 3.17. The second kappa shape index (κ2) is 13.2. The van der Waals surface area contributed by atoms with Crippen LogP contribution in [0.3, 0.4) is 0 Å². The standard InChI is InChI=1S/C16H34N4O2/c1-5-7-8-9-10-18-15(17)19-12-14(11-13(3)4)20-16(21)22-6-2/h13-14H,5-12H2,1-4H3,(H,20,21)(H3,17,18,19). The molecule has 1 amide bonds. The number of nitrogens with one attached hydrogen (secondary N) is 2. The van der Waals surface area contributed by atoms with Crippen LogP contribution in [0.15, 0.2) is 4.99 Å². The molecule has 130 valence electrons. The number of hydrogen-bond acceptors (Lipinski definition) is 3. The third kappa shape index (κ3) is 12.3. The monoisotopic (exact) mass is 314 g/mol. The minimum absolute atomic E-state index is 0.0560. The largest absolute Gasteiger partial charge is 0.450 e. The molecule has 4 N–H and O–H groups in total. The molecule has 0 aromatic heterocycles. The van der Waals surface area contributed by atoms with Crippen LogP contribution < -0.4 is 16.4 Å². The first-order valence-electron chi connectivity index (χ1n) is 8.46. The quantitative estimate of drug-likeness (QED) is 0.311. The summed E-state index contributed by atoms with van der Waals surface area (Å²) in [7, 11) is 0. The molecule has 0 heterocycles. The van der Waals surface area contributed by atoms with Gasteiger partial charge in [0.2, 0.25) is 0 Å². The topological polar surface area (TPSA) is 88.7 Å². The fourth-order valence-electron chi connectivity index (χ4n) is 2.12. The first kappa shape index (κ1) is 20.5. The molecule has 0 bridgehead atoms. The number of hydrogen-bond donors (Lipinski definition) is 3. The van der Waals surface area contributed by atoms with Gasteiger partial charge in [-0.2, -0.15) is 0 Å². The molecule has 0 aliphatic carbocycles. The molecule has 0 radical (unpaired) electrons. The average molecular weight is 314 g/mol. The number of carbonyl (C=O) groups is 1. The molecule has 6 heteroatoms. The van der Waals surface area contributed by atoms with E-state index in [1.165, 1.54) is 19.3 Å². The van der Waals surface area contributed by atoms with E-state index in [2.05, 4.69) is 36.4 Å². The van der Waals surface area contributed by atoms with Gasteiger partial charge >= 0.3 is 6.09 Å². The summed E-state index contributed by atoms with van der Waals surface area (Å²) in [5.41, 5.74) is 5.85. The Labute approximate surface area is 135 Å². The highest BCUT2D eigenvalue weighted by atomic mass is 16.5. The Balaban J connectivity index is 4.16. The molecule has 0 rings (SSSR count). The van der Waals surface area contributed by atoms with Gasteiger partial charge in [0.15, 0.2) is 5.96 Å². The van der Waals surface area contributed by atoms with E-state index in [-0.39, 0.29) is 6.04 Å². The molecule has 0 aromatic carbocycles. The maximum absolute atomic E-state index is 11.5. The molecule has 0 aliphatic heterocycles. The van der Waals surface area contributed by atoms with Crippen LogP contribution in [0.4, 0.5) is 4.79 Å². The molecule has 0 aromatic rings. The van der Waals surface area contributed by atoms with Crippen LogP contribution in [0, 0.1) is 5.92 Å². The highest BCUT2D eigenvalue weighted by molar-refractivity contribution is 5.77. The molecule has 6 nitrogen and oxygen atoms in total. The summed E-state index contributed by atoms with van der Waals surface area (Å²) in [6.07, 6.45) is 5.22. The van der Waals surface area contributed by atoms with Gasteiger partial charge in [-0.25, -0.2) is 4.79 Å². The first-order valence-corrected chi connectivity index (χ1v) is 8.46. The van der Waals surface area contributed by atoms with Gasteiger partial charge < -0.3 is 21.1 Å². The van der Waals surface area contributed by atoms with E-state index in [0.717, 1.165) is 19.4 Å². The highest BCUT2D eigenvalue weighted by Gasteiger charge is 2.14. The Hall–Kier alpha value is -1.46. The lowest BCUT2D eigenvalue weighted by Crippen LogP contribution is -2.40. The minimum Gasteiger partial charge on any atom is -0.450 e. The Kier molecular flexibility index (Phi) is 12.3. The maximum atomic E-state index is 11.5. The van der Waals surface area contributed by atoms with Crippen molar-refractivity contribution in [2.75, 3.05) is 19.7 Å². The predicted octanol–water partition coefficient (Wildman–Crippen LogP) is 2.63. The number of carbonyl (C=O) groups excluding carboxylic acids is 1. The van der Waals surface area contributed by atoms with Gasteiger partial charge in [0, 0.05) is 6.54 Å². The van der Waals surface area contributed by atoms with Crippen LogP contribution in [0.1, 0.15) is 59.8 Å². The summed E-state index contributed by atoms with van der Waals surface area (Å²) in [5.74, 6) is 0.904. The van der Waals surface area contributed by atoms with Crippen molar-refractivity contribution < 1.29 is 9.53 Å². The Morgan fingerprint density at radius 2 is 1.95 bits per heavy atom. The van der Waals surface area contributed by atoms with Gasteiger partial charge in [-0.15, -0.1) is 0 Å². The second-order valence-electron chi connectivity index (χ2n) is 5.90. The molecule has 1 atom stereocenters. The fraction of sp³-hybridized carbons (Fsp3) is 0.875. The Bertz CT molecular complexity index is 319. The smallest absolute Gasteiger partial charge is 0.407 e. The number of amides is 1. The first-order chi connectivity index (χ1) is 10.5. The Morgan fingerprint density at radius 3 is 2.55 bits per heavy atom. The molecule has 0 saturated heterocycles. The van der Waals surface area contributed by atoms with E-state index in [1.807, 2.05) is 0 Å². The molecule has 0 saturated carbocycles. The summed E-state index contributed by atoms with van der Waals surface area (Å²) in [6, 6.07) is -0.0560. The predicted molar refractivity (Wildman–Crippen MR) is 92.0 cm³/mol. The van der Waals surface area contributed by atoms with Gasteiger partial charge in [0.05, 0.1) is 19.2 Å². The van der Waals surface area contributed by atoms with Crippen molar-refractivity contribution in [2.24, 2.45) is 16.6 Å². The van der Waals surface area contributed by atoms with Gasteiger partial charge in [-0.05, 0) is 25.7 Å². The SMILES string of the molecule is CCCCCCNC(N)=NCC(CC(C)C)NC(=O)OCC. The van der Waals surface area contributed by atoms with Crippen LogP contribution in [0.25, 0.3) is 0 Å². The van der Waals surface area contributed by atoms with E-state index in [0.29, 0.717) is 25.0 Å². The number of rotatable bonds is 11. The molecule has 0 fully saturated rings. The van der Waals surface area contributed by atoms with Crippen LogP contribution in [0.2, 0.25) is 0 Å². The lowest BCUT2D eigenvalue weighted by atomic mass is 10.0. The molecule has 0 spiro atoms. The zero-order chi connectivity index (χ0) is 16.8. The van der Waals surface area contributed by atoms with Crippen molar-refractivity contribution in [3.05, 3.63) is 0 Å². The third-order valence-corrected chi connectivity index (χ3v) is 3.17. The van der Waals surface area contributed by atoms with Crippen LogP contribution in [-0.2, 0) is 4.74 Å². The van der Waals surface area contributed by atoms with Gasteiger partial charge in [0.25, 0.3) is 0 Å². The number of nitrogens with zero attached hydrogens (tertiary/aromatic N) is 1. The summed E-state index contributed by atoms with van der Waals surface area (Å²) < 4.78 is 4.92. The number of aliphatic imine (C=N–C) groups is 1. The normalized spacial score (nSPS) is 13.0. The van der Waals surface area contributed by atoms with Crippen molar-refractivity contribution in [3.63, 3.8) is 0 Å². The van der Waals surface area contributed by atoms with Gasteiger partial charge in [-0.3, -0.25) is 4.99 Å². The zero-order valence-electron chi connectivity index (χ0n) is 14.7. The second-order valence-corrected chi connectivity index (χ2v) is 5.90. The van der Waals surface area contributed by atoms with E-state index < -0.39 is 6.09 Å². The van der Waals surface area contributed by atoms with Crippen molar-refractivity contribution in [1.82, 2.24) is 10.6 Å². The fourth-order valence-corrected chi connectivity index (χ4v) is 2.12. The highest BCUT2D eigenvalue weighted by Crippen LogP contribution is 2.05. The maximum Gasteiger partial charge on any atom is 0.407 e. The zero-order valence-corrected chi connectivity index (χ0v) is 14.7. The van der Waals surface area contributed by atoms with Crippen molar-refractivity contribution in [2.45, 2.75) is 65.8 Å². The minimum atomic E-state index is -0.394. The molecule has 22 heavy (non-hydrogen) atoms. The summed E-state index contributed by atoms with van der Waals surface area (Å²) in [4.78, 5) is 15.8. The number of unbranched alkanes of at least 4 members (excludes halogenated alkanes) is 3. The molecular formula is C16H34N4O2. The van der Waals surface area contributed by atoms with Crippen molar-refractivity contribution in [1.29, 1.82) is 0 Å². The van der Waals surface area contributed by atoms with E-state index in [9.17, 15) is 4.79 Å². The molecule has 1 unspecified atom stereocenters. The van der Waals surface area contributed by atoms with E-state index in [1.54, 1.807) is 6.92 Å². The van der Waals surface area contributed by atoms with Gasteiger partial charge in [0.1, 0.15) is 0 Å². The van der Waals surface area contributed by atoms with E-state index in [4.69, 9.17) is 10.5 Å².